The normalized spacial score (nSPS) is 10.8. The second-order valence-corrected chi connectivity index (χ2v) is 6.08. The number of halogens is 1. The zero-order valence-electron chi connectivity index (χ0n) is 10.1. The number of fused-ring (bicyclic) bond motifs is 1. The average molecular weight is 334 g/mol. The largest absolute Gasteiger partial charge is 0.361 e. The van der Waals surface area contributed by atoms with Gasteiger partial charge in [-0.05, 0) is 30.3 Å². The first-order valence-electron chi connectivity index (χ1n) is 6.01. The molecule has 3 aromatic rings. The highest BCUT2D eigenvalue weighted by Gasteiger charge is 2.03. The van der Waals surface area contributed by atoms with Gasteiger partial charge in [0.2, 0.25) is 0 Å². The van der Waals surface area contributed by atoms with Crippen molar-refractivity contribution >= 4 is 42.6 Å². The predicted molar refractivity (Wildman–Crippen MR) is 83.8 cm³/mol. The van der Waals surface area contributed by atoms with E-state index >= 15 is 0 Å². The first kappa shape index (κ1) is 12.6. The molecule has 3 rings (SSSR count). The molecular formula is C14H12BrN3S. The molecule has 0 aliphatic heterocycles. The van der Waals surface area contributed by atoms with E-state index in [1.54, 1.807) is 11.3 Å². The summed E-state index contributed by atoms with van der Waals surface area (Å²) in [4.78, 5) is 8.86. The molecule has 2 aromatic heterocycles. The summed E-state index contributed by atoms with van der Waals surface area (Å²) in [5.41, 5.74) is 2.12. The van der Waals surface area contributed by atoms with E-state index in [-0.39, 0.29) is 0 Å². The minimum Gasteiger partial charge on any atom is -0.361 e. The van der Waals surface area contributed by atoms with Crippen molar-refractivity contribution in [3.05, 3.63) is 52.8 Å². The molecule has 0 saturated heterocycles. The van der Waals surface area contributed by atoms with Crippen LogP contribution in [0, 0.1) is 0 Å². The van der Waals surface area contributed by atoms with E-state index in [2.05, 4.69) is 37.3 Å². The van der Waals surface area contributed by atoms with Crippen LogP contribution in [0.1, 0.15) is 5.69 Å². The van der Waals surface area contributed by atoms with E-state index in [0.717, 1.165) is 33.8 Å². The quantitative estimate of drug-likeness (QED) is 0.780. The number of nitrogens with zero attached hydrogens (tertiary/aromatic N) is 2. The fraction of sp³-hybridized carbons (Fsp3) is 0.143. The highest BCUT2D eigenvalue weighted by Crippen LogP contribution is 2.27. The smallest absolute Gasteiger partial charge is 0.183 e. The molecule has 0 aliphatic rings. The van der Waals surface area contributed by atoms with Gasteiger partial charge in [-0.3, -0.25) is 4.98 Å². The Labute approximate surface area is 123 Å². The molecule has 5 heteroatoms. The Kier molecular flexibility index (Phi) is 3.75. The van der Waals surface area contributed by atoms with Crippen LogP contribution >= 0.6 is 27.3 Å². The van der Waals surface area contributed by atoms with Gasteiger partial charge in [-0.1, -0.05) is 33.3 Å². The molecule has 3 nitrogen and oxygen atoms in total. The van der Waals surface area contributed by atoms with Crippen molar-refractivity contribution in [1.82, 2.24) is 9.97 Å². The number of benzene rings is 1. The van der Waals surface area contributed by atoms with E-state index in [0.29, 0.717) is 0 Å². The molecule has 0 saturated carbocycles. The van der Waals surface area contributed by atoms with Crippen LogP contribution in [0.3, 0.4) is 0 Å². The zero-order chi connectivity index (χ0) is 13.1. The fourth-order valence-electron chi connectivity index (χ4n) is 1.82. The summed E-state index contributed by atoms with van der Waals surface area (Å²) in [6.07, 6.45) is 2.73. The first-order chi connectivity index (χ1) is 9.31. The Balaban J connectivity index is 1.65. The van der Waals surface area contributed by atoms with E-state index < -0.39 is 0 Å². The Morgan fingerprint density at radius 2 is 2.16 bits per heavy atom. The number of hydrogen-bond acceptors (Lipinski definition) is 4. The minimum absolute atomic E-state index is 0.845. The molecule has 0 atom stereocenters. The number of anilines is 1. The minimum atomic E-state index is 0.845. The van der Waals surface area contributed by atoms with E-state index in [1.807, 2.05) is 36.5 Å². The number of nitrogens with one attached hydrogen (secondary N) is 1. The Hall–Kier alpha value is -1.46. The van der Waals surface area contributed by atoms with Crippen LogP contribution in [0.25, 0.3) is 10.2 Å². The monoisotopic (exact) mass is 333 g/mol. The number of aromatic nitrogens is 2. The van der Waals surface area contributed by atoms with Gasteiger partial charge < -0.3 is 5.32 Å². The van der Waals surface area contributed by atoms with Gasteiger partial charge in [0.05, 0.1) is 10.2 Å². The Morgan fingerprint density at radius 3 is 3.00 bits per heavy atom. The van der Waals surface area contributed by atoms with Crippen LogP contribution in [0.2, 0.25) is 0 Å². The van der Waals surface area contributed by atoms with Gasteiger partial charge >= 0.3 is 0 Å². The molecule has 19 heavy (non-hydrogen) atoms. The third-order valence-electron chi connectivity index (χ3n) is 2.73. The van der Waals surface area contributed by atoms with E-state index in [1.165, 1.54) is 4.70 Å². The first-order valence-corrected chi connectivity index (χ1v) is 7.62. The molecule has 1 N–H and O–H groups in total. The van der Waals surface area contributed by atoms with Crippen molar-refractivity contribution in [2.24, 2.45) is 0 Å². The van der Waals surface area contributed by atoms with Gasteiger partial charge in [0, 0.05) is 29.3 Å². The Morgan fingerprint density at radius 1 is 1.21 bits per heavy atom. The van der Waals surface area contributed by atoms with E-state index in [4.69, 9.17) is 0 Å². The maximum Gasteiger partial charge on any atom is 0.183 e. The number of thiazole rings is 1. The van der Waals surface area contributed by atoms with Crippen LogP contribution in [0.4, 0.5) is 5.13 Å². The van der Waals surface area contributed by atoms with Gasteiger partial charge in [-0.15, -0.1) is 0 Å². The fourth-order valence-corrected chi connectivity index (χ4v) is 3.04. The summed E-state index contributed by atoms with van der Waals surface area (Å²) in [6, 6.07) is 12.1. The lowest BCUT2D eigenvalue weighted by Crippen LogP contribution is -2.05. The van der Waals surface area contributed by atoms with Gasteiger partial charge in [-0.25, -0.2) is 4.98 Å². The topological polar surface area (TPSA) is 37.8 Å². The van der Waals surface area contributed by atoms with Crippen molar-refractivity contribution in [2.75, 3.05) is 11.9 Å². The summed E-state index contributed by atoms with van der Waals surface area (Å²) in [6.45, 7) is 0.845. The summed E-state index contributed by atoms with van der Waals surface area (Å²) >= 11 is 5.14. The second-order valence-electron chi connectivity index (χ2n) is 4.13. The maximum absolute atomic E-state index is 4.56. The molecule has 0 fully saturated rings. The van der Waals surface area contributed by atoms with Crippen molar-refractivity contribution < 1.29 is 0 Å². The van der Waals surface area contributed by atoms with Crippen LogP contribution in [0.15, 0.2) is 47.1 Å². The molecule has 0 amide bonds. The van der Waals surface area contributed by atoms with Gasteiger partial charge in [0.25, 0.3) is 0 Å². The van der Waals surface area contributed by atoms with Crippen LogP contribution in [-0.2, 0) is 6.42 Å². The van der Waals surface area contributed by atoms with Gasteiger partial charge in [-0.2, -0.15) is 0 Å². The second kappa shape index (κ2) is 5.67. The van der Waals surface area contributed by atoms with Crippen molar-refractivity contribution in [1.29, 1.82) is 0 Å². The summed E-state index contributed by atoms with van der Waals surface area (Å²) in [5, 5.41) is 4.32. The lowest BCUT2D eigenvalue weighted by atomic mass is 10.3. The predicted octanol–water partition coefficient (Wildman–Crippen LogP) is 4.11. The third-order valence-corrected chi connectivity index (χ3v) is 4.22. The highest BCUT2D eigenvalue weighted by molar-refractivity contribution is 9.10. The summed E-state index contributed by atoms with van der Waals surface area (Å²) in [7, 11) is 0. The molecule has 96 valence electrons. The molecule has 1 aromatic carbocycles. The van der Waals surface area contributed by atoms with Crippen molar-refractivity contribution in [2.45, 2.75) is 6.42 Å². The third kappa shape index (κ3) is 3.11. The molecular weight excluding hydrogens is 322 g/mol. The molecule has 0 aliphatic carbocycles. The van der Waals surface area contributed by atoms with Gasteiger partial charge in [0.15, 0.2) is 5.13 Å². The molecule has 2 heterocycles. The average Bonchev–Trinajstić information content (AvgIpc) is 2.82. The maximum atomic E-state index is 4.56. The van der Waals surface area contributed by atoms with E-state index in [9.17, 15) is 0 Å². The SMILES string of the molecule is Brc1ccc2sc(NCCc3ccccn3)nc2c1. The van der Waals surface area contributed by atoms with Crippen molar-refractivity contribution in [3.8, 4) is 0 Å². The standard InChI is InChI=1S/C14H12BrN3S/c15-10-4-5-13-12(9-10)18-14(19-13)17-8-6-11-3-1-2-7-16-11/h1-5,7,9H,6,8H2,(H,17,18). The van der Waals surface area contributed by atoms with Crippen LogP contribution in [-0.4, -0.2) is 16.5 Å². The van der Waals surface area contributed by atoms with Crippen LogP contribution < -0.4 is 5.32 Å². The zero-order valence-corrected chi connectivity index (χ0v) is 12.5. The van der Waals surface area contributed by atoms with Crippen LogP contribution in [0.5, 0.6) is 0 Å². The molecule has 0 spiro atoms. The van der Waals surface area contributed by atoms with Gasteiger partial charge in [0.1, 0.15) is 0 Å². The molecule has 0 bridgehead atoms. The summed E-state index contributed by atoms with van der Waals surface area (Å²) in [5.74, 6) is 0. The highest BCUT2D eigenvalue weighted by atomic mass is 79.9. The number of hydrogen-bond donors (Lipinski definition) is 1. The Bertz CT molecular complexity index is 681. The number of pyridine rings is 1. The lowest BCUT2D eigenvalue weighted by molar-refractivity contribution is 0.960. The summed E-state index contributed by atoms with van der Waals surface area (Å²) < 4.78 is 2.26. The number of rotatable bonds is 4. The molecule has 0 radical (unpaired) electrons. The van der Waals surface area contributed by atoms with Crippen molar-refractivity contribution in [3.63, 3.8) is 0 Å². The molecule has 0 unspecified atom stereocenters. The lowest BCUT2D eigenvalue weighted by Gasteiger charge is -2.01.